The fourth-order valence-corrected chi connectivity index (χ4v) is 1.72. The van der Waals surface area contributed by atoms with Crippen molar-refractivity contribution in [3.05, 3.63) is 21.0 Å². The number of hydrogen-bond acceptors (Lipinski definition) is 3. The average molecular weight is 387 g/mol. The van der Waals surface area contributed by atoms with Gasteiger partial charge in [-0.15, -0.1) is 13.2 Å². The fourth-order valence-electron chi connectivity index (χ4n) is 1.02. The number of nitrogens with zero attached hydrogens (tertiary/aromatic N) is 1. The Balaban J connectivity index is 3.33. The highest BCUT2D eigenvalue weighted by molar-refractivity contribution is 14.1. The van der Waals surface area contributed by atoms with Crippen LogP contribution >= 0.6 is 22.6 Å². The summed E-state index contributed by atoms with van der Waals surface area (Å²) >= 11 is 1.28. The van der Waals surface area contributed by atoms with Gasteiger partial charge in [-0.05, 0) is 22.6 Å². The molecule has 1 rings (SSSR count). The summed E-state index contributed by atoms with van der Waals surface area (Å²) in [6.45, 7) is -0.922. The Morgan fingerprint density at radius 2 is 1.78 bits per heavy atom. The SMILES string of the molecule is OCc1c(OC(F)(F)F)cc(C(F)(F)F)nc1I. The Labute approximate surface area is 110 Å². The van der Waals surface area contributed by atoms with Crippen molar-refractivity contribution in [1.82, 2.24) is 4.98 Å². The van der Waals surface area contributed by atoms with E-state index in [-0.39, 0.29) is 6.07 Å². The predicted molar refractivity (Wildman–Crippen MR) is 54.6 cm³/mol. The van der Waals surface area contributed by atoms with E-state index in [0.717, 1.165) is 0 Å². The monoisotopic (exact) mass is 387 g/mol. The maximum atomic E-state index is 12.4. The first-order chi connectivity index (χ1) is 8.04. The number of ether oxygens (including phenoxy) is 1. The van der Waals surface area contributed by atoms with Gasteiger partial charge in [0.05, 0.1) is 12.2 Å². The van der Waals surface area contributed by atoms with Crippen LogP contribution in [0.15, 0.2) is 6.07 Å². The lowest BCUT2D eigenvalue weighted by Gasteiger charge is -2.15. The Bertz CT molecular complexity index is 444. The first-order valence-electron chi connectivity index (χ1n) is 4.18. The van der Waals surface area contributed by atoms with Gasteiger partial charge in [0.25, 0.3) is 0 Å². The van der Waals surface area contributed by atoms with Crippen LogP contribution in [0.25, 0.3) is 0 Å². The lowest BCUT2D eigenvalue weighted by Crippen LogP contribution is -2.20. The van der Waals surface area contributed by atoms with E-state index in [1.807, 2.05) is 0 Å². The smallest absolute Gasteiger partial charge is 0.405 e. The van der Waals surface area contributed by atoms with E-state index in [1.165, 1.54) is 22.6 Å². The molecule has 18 heavy (non-hydrogen) atoms. The van der Waals surface area contributed by atoms with E-state index >= 15 is 0 Å². The molecule has 0 bridgehead atoms. The summed E-state index contributed by atoms with van der Waals surface area (Å²) in [5, 5.41) is 8.82. The fraction of sp³-hybridized carbons (Fsp3) is 0.375. The summed E-state index contributed by atoms with van der Waals surface area (Å²) in [6, 6.07) is 0.0984. The summed E-state index contributed by atoms with van der Waals surface area (Å²) in [5.41, 5.74) is -1.98. The molecule has 0 saturated heterocycles. The minimum atomic E-state index is -5.16. The van der Waals surface area contributed by atoms with E-state index in [4.69, 9.17) is 5.11 Å². The van der Waals surface area contributed by atoms with E-state index in [9.17, 15) is 26.3 Å². The van der Waals surface area contributed by atoms with Crippen molar-refractivity contribution in [2.45, 2.75) is 19.1 Å². The van der Waals surface area contributed by atoms with Crippen LogP contribution in [0.4, 0.5) is 26.3 Å². The molecular weight excluding hydrogens is 383 g/mol. The maximum Gasteiger partial charge on any atom is 0.573 e. The zero-order chi connectivity index (χ0) is 14.1. The average Bonchev–Trinajstić information content (AvgIpc) is 2.13. The van der Waals surface area contributed by atoms with Crippen molar-refractivity contribution in [1.29, 1.82) is 0 Å². The molecule has 10 heteroatoms. The summed E-state index contributed by atoms with van der Waals surface area (Å²) in [4.78, 5) is 3.06. The zero-order valence-corrected chi connectivity index (χ0v) is 10.4. The molecule has 0 saturated carbocycles. The third-order valence-electron chi connectivity index (χ3n) is 1.71. The largest absolute Gasteiger partial charge is 0.573 e. The Morgan fingerprint density at radius 3 is 2.17 bits per heavy atom. The molecule has 1 heterocycles. The normalized spacial score (nSPS) is 12.7. The van der Waals surface area contributed by atoms with E-state index in [1.54, 1.807) is 0 Å². The quantitative estimate of drug-likeness (QED) is 0.482. The number of halogens is 7. The van der Waals surface area contributed by atoms with Gasteiger partial charge in [0.15, 0.2) is 0 Å². The summed E-state index contributed by atoms with van der Waals surface area (Å²) < 4.78 is 76.1. The zero-order valence-electron chi connectivity index (χ0n) is 8.23. The van der Waals surface area contributed by atoms with Crippen molar-refractivity contribution in [3.8, 4) is 5.75 Å². The van der Waals surface area contributed by atoms with Gasteiger partial charge in [-0.3, -0.25) is 0 Å². The molecule has 0 radical (unpaired) electrons. The van der Waals surface area contributed by atoms with Crippen LogP contribution < -0.4 is 4.74 Å². The molecule has 0 unspecified atom stereocenters. The number of aromatic nitrogens is 1. The van der Waals surface area contributed by atoms with Crippen LogP contribution in [0.2, 0.25) is 0 Å². The Morgan fingerprint density at radius 1 is 1.22 bits per heavy atom. The molecule has 0 aromatic carbocycles. The molecule has 0 fully saturated rings. The van der Waals surface area contributed by atoms with E-state index in [0.29, 0.717) is 0 Å². The lowest BCUT2D eigenvalue weighted by atomic mass is 10.2. The van der Waals surface area contributed by atoms with Crippen molar-refractivity contribution in [3.63, 3.8) is 0 Å². The van der Waals surface area contributed by atoms with Gasteiger partial charge in [0.2, 0.25) is 0 Å². The van der Waals surface area contributed by atoms with Gasteiger partial charge in [-0.1, -0.05) is 0 Å². The van der Waals surface area contributed by atoms with Crippen molar-refractivity contribution >= 4 is 22.6 Å². The van der Waals surface area contributed by atoms with Crippen molar-refractivity contribution in [2.75, 3.05) is 0 Å². The molecule has 0 aliphatic rings. The van der Waals surface area contributed by atoms with Crippen molar-refractivity contribution < 1.29 is 36.2 Å². The Kier molecular flexibility index (Phi) is 4.30. The molecule has 0 aliphatic carbocycles. The maximum absolute atomic E-state index is 12.4. The third-order valence-corrected chi connectivity index (χ3v) is 2.60. The van der Waals surface area contributed by atoms with Crippen LogP contribution in [0.3, 0.4) is 0 Å². The Hall–Kier alpha value is -0.780. The van der Waals surface area contributed by atoms with Gasteiger partial charge in [0.1, 0.15) is 15.1 Å². The molecule has 0 amide bonds. The number of aliphatic hydroxyl groups excluding tert-OH is 1. The second-order valence-electron chi connectivity index (χ2n) is 2.98. The van der Waals surface area contributed by atoms with Crippen molar-refractivity contribution in [2.24, 2.45) is 0 Å². The van der Waals surface area contributed by atoms with Gasteiger partial charge < -0.3 is 9.84 Å². The van der Waals surface area contributed by atoms with Crippen LogP contribution in [0.5, 0.6) is 5.75 Å². The van der Waals surface area contributed by atoms with Gasteiger partial charge in [-0.2, -0.15) is 13.2 Å². The van der Waals surface area contributed by atoms with Gasteiger partial charge in [0, 0.05) is 6.07 Å². The highest BCUT2D eigenvalue weighted by Gasteiger charge is 2.37. The number of hydrogen-bond donors (Lipinski definition) is 1. The van der Waals surface area contributed by atoms with Gasteiger partial charge >= 0.3 is 12.5 Å². The minimum Gasteiger partial charge on any atom is -0.405 e. The van der Waals surface area contributed by atoms with Crippen LogP contribution in [0.1, 0.15) is 11.3 Å². The second-order valence-corrected chi connectivity index (χ2v) is 4.00. The minimum absolute atomic E-state index is 0.0984. The third kappa shape index (κ3) is 3.86. The molecule has 0 atom stereocenters. The van der Waals surface area contributed by atoms with E-state index in [2.05, 4.69) is 9.72 Å². The topological polar surface area (TPSA) is 42.4 Å². The number of rotatable bonds is 2. The standard InChI is InChI=1S/C8H4F6INO2/c9-7(10,11)5-1-4(18-8(12,13)14)3(2-17)6(15)16-5/h1,17H,2H2. The van der Waals surface area contributed by atoms with Crippen LogP contribution in [0, 0.1) is 3.70 Å². The van der Waals surface area contributed by atoms with Gasteiger partial charge in [-0.25, -0.2) is 4.98 Å². The second kappa shape index (κ2) is 5.07. The predicted octanol–water partition coefficient (Wildman–Crippen LogP) is 3.10. The molecule has 3 nitrogen and oxygen atoms in total. The summed E-state index contributed by atoms with van der Waals surface area (Å²) in [6.07, 6.45) is -10.1. The first-order valence-corrected chi connectivity index (χ1v) is 5.25. The number of pyridine rings is 1. The molecular formula is C8H4F6INO2. The first kappa shape index (κ1) is 15.3. The summed E-state index contributed by atoms with van der Waals surface area (Å²) in [7, 11) is 0. The molecule has 1 aromatic rings. The van der Waals surface area contributed by atoms with E-state index < -0.39 is 39.9 Å². The molecule has 1 aromatic heterocycles. The molecule has 0 aliphatic heterocycles. The highest BCUT2D eigenvalue weighted by atomic mass is 127. The van der Waals surface area contributed by atoms with Crippen LogP contribution in [-0.2, 0) is 12.8 Å². The lowest BCUT2D eigenvalue weighted by molar-refractivity contribution is -0.275. The van der Waals surface area contributed by atoms with Crippen LogP contribution in [-0.4, -0.2) is 16.5 Å². The number of alkyl halides is 6. The highest BCUT2D eigenvalue weighted by Crippen LogP contribution is 2.35. The summed E-state index contributed by atoms with van der Waals surface area (Å²) in [5.74, 6) is -1.11. The molecule has 0 spiro atoms. The molecule has 1 N–H and O–H groups in total. The number of aliphatic hydroxyl groups is 1. The molecule has 102 valence electrons.